The molecule has 2 rings (SSSR count). The number of nitrogens with one attached hydrogen (secondary N) is 1. The van der Waals surface area contributed by atoms with Crippen LogP contribution in [0.5, 0.6) is 0 Å². The first-order chi connectivity index (χ1) is 8.15. The number of anilines is 1. The Morgan fingerprint density at radius 1 is 1.53 bits per heavy atom. The van der Waals surface area contributed by atoms with Crippen molar-refractivity contribution in [3.05, 3.63) is 46.2 Å². The van der Waals surface area contributed by atoms with Crippen LogP contribution in [0.15, 0.2) is 41.1 Å². The number of benzene rings is 1. The van der Waals surface area contributed by atoms with Crippen LogP contribution in [-0.4, -0.2) is 15.7 Å². The quantitative estimate of drug-likeness (QED) is 0.947. The van der Waals surface area contributed by atoms with E-state index in [9.17, 15) is 4.79 Å². The second-order valence-electron chi connectivity index (χ2n) is 3.38. The summed E-state index contributed by atoms with van der Waals surface area (Å²) in [5.74, 6) is -0.146. The van der Waals surface area contributed by atoms with Crippen molar-refractivity contribution in [2.45, 2.75) is 6.54 Å². The van der Waals surface area contributed by atoms with E-state index in [1.165, 1.54) is 0 Å². The van der Waals surface area contributed by atoms with Gasteiger partial charge < -0.3 is 5.32 Å². The number of halogens is 2. The molecule has 17 heavy (non-hydrogen) atoms. The first-order valence-electron chi connectivity index (χ1n) is 4.87. The van der Waals surface area contributed by atoms with Crippen LogP contribution in [0, 0.1) is 0 Å². The minimum absolute atomic E-state index is 0.146. The average molecular weight is 315 g/mol. The molecule has 0 fully saturated rings. The van der Waals surface area contributed by atoms with Crippen LogP contribution in [0.2, 0.25) is 5.02 Å². The predicted octanol–water partition coefficient (Wildman–Crippen LogP) is 2.94. The third-order valence-electron chi connectivity index (χ3n) is 2.07. The predicted molar refractivity (Wildman–Crippen MR) is 70.0 cm³/mol. The van der Waals surface area contributed by atoms with Gasteiger partial charge in [0.1, 0.15) is 6.54 Å². The van der Waals surface area contributed by atoms with E-state index in [2.05, 4.69) is 26.3 Å². The Hall–Kier alpha value is -1.33. The summed E-state index contributed by atoms with van der Waals surface area (Å²) in [7, 11) is 0. The summed E-state index contributed by atoms with van der Waals surface area (Å²) < 4.78 is 2.35. The van der Waals surface area contributed by atoms with E-state index in [1.807, 2.05) is 0 Å². The Labute approximate surface area is 112 Å². The van der Waals surface area contributed by atoms with E-state index >= 15 is 0 Å². The van der Waals surface area contributed by atoms with Crippen molar-refractivity contribution in [1.82, 2.24) is 9.78 Å². The van der Waals surface area contributed by atoms with Gasteiger partial charge in [-0.3, -0.25) is 9.48 Å². The normalized spacial score (nSPS) is 10.2. The fourth-order valence-corrected chi connectivity index (χ4v) is 1.74. The van der Waals surface area contributed by atoms with E-state index in [0.29, 0.717) is 10.7 Å². The molecule has 88 valence electrons. The molecule has 0 radical (unpaired) electrons. The number of amides is 1. The van der Waals surface area contributed by atoms with Crippen LogP contribution in [0.3, 0.4) is 0 Å². The number of rotatable bonds is 3. The number of carbonyl (C=O) groups excluding carboxylic acids is 1. The third kappa shape index (κ3) is 3.31. The van der Waals surface area contributed by atoms with Gasteiger partial charge in [0.2, 0.25) is 5.91 Å². The molecule has 1 aromatic heterocycles. The average Bonchev–Trinajstić information content (AvgIpc) is 2.76. The standard InChI is InChI=1S/C11H9BrClN3O/c12-9-3-2-8(6-10(9)13)15-11(17)7-16-5-1-4-14-16/h1-6H,7H2,(H,15,17). The summed E-state index contributed by atoms with van der Waals surface area (Å²) in [5, 5.41) is 7.25. The number of hydrogen-bond donors (Lipinski definition) is 1. The molecule has 1 aromatic carbocycles. The lowest BCUT2D eigenvalue weighted by molar-refractivity contribution is -0.116. The van der Waals surface area contributed by atoms with E-state index < -0.39 is 0 Å². The summed E-state index contributed by atoms with van der Waals surface area (Å²) in [4.78, 5) is 11.6. The van der Waals surface area contributed by atoms with Gasteiger partial charge in [-0.1, -0.05) is 11.6 Å². The van der Waals surface area contributed by atoms with Gasteiger partial charge in [-0.05, 0) is 40.2 Å². The zero-order valence-corrected chi connectivity index (χ0v) is 11.1. The van der Waals surface area contributed by atoms with Crippen LogP contribution in [0.1, 0.15) is 0 Å². The van der Waals surface area contributed by atoms with E-state index in [0.717, 1.165) is 4.47 Å². The molecule has 6 heteroatoms. The van der Waals surface area contributed by atoms with Crippen molar-refractivity contribution < 1.29 is 4.79 Å². The molecule has 0 bridgehead atoms. The van der Waals surface area contributed by atoms with Crippen molar-refractivity contribution >= 4 is 39.1 Å². The number of nitrogens with zero attached hydrogens (tertiary/aromatic N) is 2. The lowest BCUT2D eigenvalue weighted by Gasteiger charge is -2.06. The molecular weight excluding hydrogens is 305 g/mol. The highest BCUT2D eigenvalue weighted by Crippen LogP contribution is 2.25. The Kier molecular flexibility index (Phi) is 3.81. The SMILES string of the molecule is O=C(Cn1cccn1)Nc1ccc(Br)c(Cl)c1. The molecule has 1 heterocycles. The first-order valence-corrected chi connectivity index (χ1v) is 6.04. The van der Waals surface area contributed by atoms with Crippen molar-refractivity contribution in [1.29, 1.82) is 0 Å². The van der Waals surface area contributed by atoms with E-state index in [1.54, 1.807) is 41.3 Å². The van der Waals surface area contributed by atoms with E-state index in [4.69, 9.17) is 11.6 Å². The van der Waals surface area contributed by atoms with Crippen molar-refractivity contribution in [2.24, 2.45) is 0 Å². The van der Waals surface area contributed by atoms with Gasteiger partial charge in [0, 0.05) is 22.6 Å². The number of aromatic nitrogens is 2. The van der Waals surface area contributed by atoms with Crippen LogP contribution >= 0.6 is 27.5 Å². The molecule has 2 aromatic rings. The molecule has 4 nitrogen and oxygen atoms in total. The zero-order valence-electron chi connectivity index (χ0n) is 8.73. The lowest BCUT2D eigenvalue weighted by Crippen LogP contribution is -2.18. The second-order valence-corrected chi connectivity index (χ2v) is 4.64. The topological polar surface area (TPSA) is 46.9 Å². The highest BCUT2D eigenvalue weighted by Gasteiger charge is 2.05. The van der Waals surface area contributed by atoms with Gasteiger partial charge in [-0.15, -0.1) is 0 Å². The summed E-state index contributed by atoms with van der Waals surface area (Å²) in [6, 6.07) is 7.01. The van der Waals surface area contributed by atoms with Gasteiger partial charge >= 0.3 is 0 Å². The largest absolute Gasteiger partial charge is 0.324 e. The fraction of sp³-hybridized carbons (Fsp3) is 0.0909. The molecule has 1 amide bonds. The minimum atomic E-state index is -0.146. The second kappa shape index (κ2) is 5.33. The van der Waals surface area contributed by atoms with Gasteiger partial charge in [0.25, 0.3) is 0 Å². The maximum Gasteiger partial charge on any atom is 0.246 e. The Balaban J connectivity index is 2.00. The lowest BCUT2D eigenvalue weighted by atomic mass is 10.3. The number of carbonyl (C=O) groups is 1. The molecule has 0 atom stereocenters. The smallest absolute Gasteiger partial charge is 0.246 e. The maximum atomic E-state index is 11.6. The summed E-state index contributed by atoms with van der Waals surface area (Å²) in [5.41, 5.74) is 0.662. The van der Waals surface area contributed by atoms with Crippen LogP contribution in [-0.2, 0) is 11.3 Å². The monoisotopic (exact) mass is 313 g/mol. The fourth-order valence-electron chi connectivity index (χ4n) is 1.32. The van der Waals surface area contributed by atoms with Gasteiger partial charge in [-0.2, -0.15) is 5.10 Å². The van der Waals surface area contributed by atoms with Crippen LogP contribution < -0.4 is 5.32 Å². The van der Waals surface area contributed by atoms with Crippen molar-refractivity contribution in [3.63, 3.8) is 0 Å². The highest BCUT2D eigenvalue weighted by atomic mass is 79.9. The third-order valence-corrected chi connectivity index (χ3v) is 3.30. The van der Waals surface area contributed by atoms with E-state index in [-0.39, 0.29) is 12.5 Å². The van der Waals surface area contributed by atoms with Crippen molar-refractivity contribution in [3.8, 4) is 0 Å². The molecule has 0 aliphatic heterocycles. The molecule has 0 unspecified atom stereocenters. The molecule has 0 aliphatic rings. The summed E-state index contributed by atoms with van der Waals surface area (Å²) in [6.45, 7) is 0.181. The maximum absolute atomic E-state index is 11.6. The van der Waals surface area contributed by atoms with Crippen LogP contribution in [0.25, 0.3) is 0 Å². The van der Waals surface area contributed by atoms with Gasteiger partial charge in [-0.25, -0.2) is 0 Å². The Morgan fingerprint density at radius 2 is 2.35 bits per heavy atom. The summed E-state index contributed by atoms with van der Waals surface area (Å²) in [6.07, 6.45) is 3.36. The van der Waals surface area contributed by atoms with Gasteiger partial charge in [0.15, 0.2) is 0 Å². The Morgan fingerprint density at radius 3 is 3.00 bits per heavy atom. The molecule has 0 aliphatic carbocycles. The molecule has 0 saturated carbocycles. The molecular formula is C11H9BrClN3O. The zero-order chi connectivity index (χ0) is 12.3. The van der Waals surface area contributed by atoms with Crippen molar-refractivity contribution in [2.75, 3.05) is 5.32 Å². The molecule has 0 spiro atoms. The summed E-state index contributed by atoms with van der Waals surface area (Å²) >= 11 is 9.21. The molecule has 0 saturated heterocycles. The minimum Gasteiger partial charge on any atom is -0.324 e. The first kappa shape index (κ1) is 12.1. The Bertz CT molecular complexity index is 528. The molecule has 1 N–H and O–H groups in total. The number of hydrogen-bond acceptors (Lipinski definition) is 2. The van der Waals surface area contributed by atoms with Crippen LogP contribution in [0.4, 0.5) is 5.69 Å². The van der Waals surface area contributed by atoms with Gasteiger partial charge in [0.05, 0.1) is 5.02 Å². The highest BCUT2D eigenvalue weighted by molar-refractivity contribution is 9.10.